The summed E-state index contributed by atoms with van der Waals surface area (Å²) in [6.45, 7) is 3.58. The Labute approximate surface area is 265 Å². The number of nitrogens with zero attached hydrogens (tertiary/aromatic N) is 2. The number of anilines is 1. The summed E-state index contributed by atoms with van der Waals surface area (Å²) < 4.78 is 40.3. The zero-order valence-corrected chi connectivity index (χ0v) is 26.8. The topological polar surface area (TPSA) is 105 Å². The number of hydrogen-bond acceptors (Lipinski definition) is 6. The van der Waals surface area contributed by atoms with E-state index < -0.39 is 28.5 Å². The minimum atomic E-state index is -4.24. The number of amides is 2. The van der Waals surface area contributed by atoms with Crippen LogP contribution in [0.2, 0.25) is 0 Å². The first-order valence-electron chi connectivity index (χ1n) is 14.6. The van der Waals surface area contributed by atoms with Gasteiger partial charge in [-0.05, 0) is 49.2 Å². The molecule has 0 aliphatic rings. The van der Waals surface area contributed by atoms with Crippen LogP contribution in [0.4, 0.5) is 5.69 Å². The normalized spacial score (nSPS) is 11.7. The number of likely N-dealkylation sites (N-methyl/N-ethyl adjacent to an activating group) is 1. The van der Waals surface area contributed by atoms with E-state index in [1.165, 1.54) is 37.3 Å². The molecule has 0 saturated carbocycles. The van der Waals surface area contributed by atoms with E-state index in [0.29, 0.717) is 18.0 Å². The second-order valence-corrected chi connectivity index (χ2v) is 12.3. The van der Waals surface area contributed by atoms with Crippen LogP contribution in [0, 0.1) is 6.92 Å². The summed E-state index contributed by atoms with van der Waals surface area (Å²) in [5, 5.41) is 2.87. The van der Waals surface area contributed by atoms with Crippen molar-refractivity contribution >= 4 is 27.5 Å². The van der Waals surface area contributed by atoms with Gasteiger partial charge in [0.25, 0.3) is 10.0 Å². The zero-order chi connectivity index (χ0) is 32.4. The van der Waals surface area contributed by atoms with E-state index in [-0.39, 0.29) is 29.5 Å². The average Bonchev–Trinajstić information content (AvgIpc) is 3.06. The Balaban J connectivity index is 1.82. The molecule has 0 fully saturated rings. The molecule has 0 spiro atoms. The summed E-state index contributed by atoms with van der Waals surface area (Å²) in [5.74, 6) is -0.164. The van der Waals surface area contributed by atoms with E-state index in [0.717, 1.165) is 21.0 Å². The number of nitrogens with one attached hydrogen (secondary N) is 1. The lowest BCUT2D eigenvalue weighted by Gasteiger charge is -2.34. The Hall–Kier alpha value is -4.83. The van der Waals surface area contributed by atoms with Gasteiger partial charge in [0, 0.05) is 25.6 Å². The maximum absolute atomic E-state index is 14.5. The van der Waals surface area contributed by atoms with Gasteiger partial charge in [0.1, 0.15) is 12.6 Å². The number of ether oxygens (including phenoxy) is 2. The minimum absolute atomic E-state index is 0.0230. The maximum atomic E-state index is 14.5. The van der Waals surface area contributed by atoms with Gasteiger partial charge in [-0.15, -0.1) is 0 Å². The van der Waals surface area contributed by atoms with Crippen molar-refractivity contribution in [3.63, 3.8) is 0 Å². The Morgan fingerprint density at radius 1 is 0.800 bits per heavy atom. The van der Waals surface area contributed by atoms with Crippen molar-refractivity contribution in [2.75, 3.05) is 31.6 Å². The van der Waals surface area contributed by atoms with Crippen molar-refractivity contribution in [3.8, 4) is 11.5 Å². The van der Waals surface area contributed by atoms with Crippen molar-refractivity contribution in [2.24, 2.45) is 0 Å². The van der Waals surface area contributed by atoms with Crippen LogP contribution in [0.15, 0.2) is 108 Å². The highest BCUT2D eigenvalue weighted by Gasteiger charge is 2.34. The number of rotatable bonds is 14. The molecule has 4 rings (SSSR count). The van der Waals surface area contributed by atoms with E-state index in [4.69, 9.17) is 9.47 Å². The van der Waals surface area contributed by atoms with Gasteiger partial charge >= 0.3 is 0 Å². The second kappa shape index (κ2) is 15.3. The first-order valence-corrected chi connectivity index (χ1v) is 16.1. The molecule has 45 heavy (non-hydrogen) atoms. The summed E-state index contributed by atoms with van der Waals surface area (Å²) in [6, 6.07) is 28.9. The highest BCUT2D eigenvalue weighted by molar-refractivity contribution is 7.92. The number of aryl methyl sites for hydroxylation is 1. The van der Waals surface area contributed by atoms with Gasteiger partial charge in [0.2, 0.25) is 11.8 Å². The molecule has 1 atom stereocenters. The molecule has 9 nitrogen and oxygen atoms in total. The minimum Gasteiger partial charge on any atom is -0.493 e. The van der Waals surface area contributed by atoms with Crippen LogP contribution >= 0.6 is 0 Å². The largest absolute Gasteiger partial charge is 0.493 e. The Morgan fingerprint density at radius 3 is 1.98 bits per heavy atom. The molecule has 0 unspecified atom stereocenters. The highest BCUT2D eigenvalue weighted by atomic mass is 32.2. The molecule has 1 N–H and O–H groups in total. The molecule has 0 radical (unpaired) electrons. The molecule has 0 aliphatic carbocycles. The van der Waals surface area contributed by atoms with E-state index >= 15 is 0 Å². The molecule has 10 heteroatoms. The van der Waals surface area contributed by atoms with E-state index in [1.807, 2.05) is 74.5 Å². The SMILES string of the molecule is CCNC(=O)[C@H](Cc1ccccc1)N(Cc1ccccc1)C(=O)CN(c1ccc(OC)c(OC)c1)S(=O)(=O)c1ccc(C)cc1. The third-order valence-corrected chi connectivity index (χ3v) is 9.15. The van der Waals surface area contributed by atoms with Crippen LogP contribution in [-0.4, -0.2) is 58.5 Å². The van der Waals surface area contributed by atoms with Crippen LogP contribution in [-0.2, 0) is 32.6 Å². The third-order valence-electron chi connectivity index (χ3n) is 7.36. The average molecular weight is 630 g/mol. The summed E-state index contributed by atoms with van der Waals surface area (Å²) in [6.07, 6.45) is 0.242. The van der Waals surface area contributed by atoms with Crippen LogP contribution in [0.25, 0.3) is 0 Å². The van der Waals surface area contributed by atoms with Crippen molar-refractivity contribution in [3.05, 3.63) is 120 Å². The van der Waals surface area contributed by atoms with Gasteiger partial charge in [-0.2, -0.15) is 0 Å². The predicted molar refractivity (Wildman–Crippen MR) is 175 cm³/mol. The predicted octanol–water partition coefficient (Wildman–Crippen LogP) is 4.98. The van der Waals surface area contributed by atoms with Gasteiger partial charge in [-0.3, -0.25) is 13.9 Å². The molecule has 0 saturated heterocycles. The zero-order valence-electron chi connectivity index (χ0n) is 26.0. The van der Waals surface area contributed by atoms with Crippen molar-refractivity contribution in [2.45, 2.75) is 37.8 Å². The number of hydrogen-bond donors (Lipinski definition) is 1. The smallest absolute Gasteiger partial charge is 0.264 e. The molecule has 0 aromatic heterocycles. The third kappa shape index (κ3) is 8.21. The highest BCUT2D eigenvalue weighted by Crippen LogP contribution is 2.34. The first-order chi connectivity index (χ1) is 21.7. The van der Waals surface area contributed by atoms with Gasteiger partial charge in [0.15, 0.2) is 11.5 Å². The molecule has 236 valence electrons. The van der Waals surface area contributed by atoms with Crippen molar-refractivity contribution in [1.29, 1.82) is 0 Å². The summed E-state index contributed by atoms with van der Waals surface area (Å²) in [7, 11) is -1.31. The van der Waals surface area contributed by atoms with E-state index in [2.05, 4.69) is 5.32 Å². The number of methoxy groups -OCH3 is 2. The lowest BCUT2D eigenvalue weighted by Crippen LogP contribution is -2.53. The molecule has 4 aromatic rings. The van der Waals surface area contributed by atoms with Gasteiger partial charge in [-0.1, -0.05) is 78.4 Å². The lowest BCUT2D eigenvalue weighted by molar-refractivity contribution is -0.140. The number of sulfonamides is 1. The molecule has 0 heterocycles. The number of carbonyl (C=O) groups is 2. The summed E-state index contributed by atoms with van der Waals surface area (Å²) in [5.41, 5.74) is 2.76. The monoisotopic (exact) mass is 629 g/mol. The Morgan fingerprint density at radius 2 is 1.40 bits per heavy atom. The molecule has 0 bridgehead atoms. The number of benzene rings is 4. The van der Waals surface area contributed by atoms with Crippen LogP contribution in [0.3, 0.4) is 0 Å². The fourth-order valence-corrected chi connectivity index (χ4v) is 6.38. The fraction of sp³-hybridized carbons (Fsp3) is 0.257. The summed E-state index contributed by atoms with van der Waals surface area (Å²) >= 11 is 0. The van der Waals surface area contributed by atoms with Gasteiger partial charge < -0.3 is 19.7 Å². The van der Waals surface area contributed by atoms with Gasteiger partial charge in [0.05, 0.1) is 24.8 Å². The van der Waals surface area contributed by atoms with Crippen molar-refractivity contribution < 1.29 is 27.5 Å². The molecule has 0 aliphatic heterocycles. The Kier molecular flexibility index (Phi) is 11.2. The van der Waals surface area contributed by atoms with E-state index in [9.17, 15) is 18.0 Å². The first kappa shape index (κ1) is 33.1. The molecule has 4 aromatic carbocycles. The summed E-state index contributed by atoms with van der Waals surface area (Å²) in [4.78, 5) is 29.5. The van der Waals surface area contributed by atoms with Gasteiger partial charge in [-0.25, -0.2) is 8.42 Å². The standard InChI is InChI=1S/C35H39N3O6S/c1-5-36-35(40)31(22-27-12-8-6-9-13-27)37(24-28-14-10-7-11-15-28)34(39)25-38(29-18-21-32(43-3)33(23-29)44-4)45(41,42)30-19-16-26(2)17-20-30/h6-21,23,31H,5,22,24-25H2,1-4H3,(H,36,40)/t31-/m0/s1. The number of carbonyl (C=O) groups excluding carboxylic acids is 2. The Bertz CT molecular complexity index is 1680. The fourth-order valence-electron chi connectivity index (χ4n) is 4.97. The van der Waals surface area contributed by atoms with Crippen LogP contribution in [0.1, 0.15) is 23.6 Å². The van der Waals surface area contributed by atoms with Crippen molar-refractivity contribution in [1.82, 2.24) is 10.2 Å². The maximum Gasteiger partial charge on any atom is 0.264 e. The molecule has 2 amide bonds. The van der Waals surface area contributed by atoms with E-state index in [1.54, 1.807) is 24.3 Å². The quantitative estimate of drug-likeness (QED) is 0.211. The van der Waals surface area contributed by atoms with Crippen LogP contribution < -0.4 is 19.1 Å². The molecular formula is C35H39N3O6S. The second-order valence-electron chi connectivity index (χ2n) is 10.5. The molecular weight excluding hydrogens is 590 g/mol. The lowest BCUT2D eigenvalue weighted by atomic mass is 10.0. The van der Waals surface area contributed by atoms with Crippen LogP contribution in [0.5, 0.6) is 11.5 Å².